The molecule has 0 radical (unpaired) electrons. The van der Waals surface area contributed by atoms with Crippen molar-refractivity contribution in [3.63, 3.8) is 0 Å². The molecular formula is C26H40O. The minimum Gasteiger partial charge on any atom is -0.497 e. The van der Waals surface area contributed by atoms with Crippen LogP contribution in [0.25, 0.3) is 0 Å². The second-order valence-corrected chi connectivity index (χ2v) is 9.02. The zero-order chi connectivity index (χ0) is 18.9. The van der Waals surface area contributed by atoms with Crippen LogP contribution in [0.15, 0.2) is 35.9 Å². The molecule has 0 amide bonds. The number of benzene rings is 1. The molecule has 0 aliphatic heterocycles. The highest BCUT2D eigenvalue weighted by atomic mass is 16.5. The van der Waals surface area contributed by atoms with Crippen molar-refractivity contribution in [3.05, 3.63) is 41.5 Å². The smallest absolute Gasteiger partial charge is 0.118 e. The quantitative estimate of drug-likeness (QED) is 0.320. The average molecular weight is 369 g/mol. The van der Waals surface area contributed by atoms with Gasteiger partial charge in [-0.2, -0.15) is 0 Å². The normalized spacial score (nSPS) is 25.9. The lowest BCUT2D eigenvalue weighted by Crippen LogP contribution is -2.23. The molecule has 3 rings (SSSR count). The Balaban J connectivity index is 1.37. The Morgan fingerprint density at radius 2 is 1.67 bits per heavy atom. The maximum absolute atomic E-state index is 5.25. The molecule has 1 heteroatoms. The zero-order valence-corrected chi connectivity index (χ0v) is 17.7. The number of rotatable bonds is 9. The van der Waals surface area contributed by atoms with Gasteiger partial charge in [-0.3, -0.25) is 0 Å². The van der Waals surface area contributed by atoms with Gasteiger partial charge >= 0.3 is 0 Å². The van der Waals surface area contributed by atoms with Crippen LogP contribution in [0, 0.1) is 17.8 Å². The highest BCUT2D eigenvalue weighted by molar-refractivity contribution is 5.27. The fourth-order valence-corrected chi connectivity index (χ4v) is 5.29. The Hall–Kier alpha value is -1.24. The average Bonchev–Trinajstić information content (AvgIpc) is 2.74. The Bertz CT molecular complexity index is 562. The number of methoxy groups -OCH3 is 1. The molecule has 150 valence electrons. The molecule has 0 bridgehead atoms. The molecule has 2 aliphatic carbocycles. The summed E-state index contributed by atoms with van der Waals surface area (Å²) in [5, 5.41) is 0. The number of unbranched alkanes of at least 4 members (excludes halogenated alkanes) is 2. The van der Waals surface area contributed by atoms with Crippen LogP contribution in [0.3, 0.4) is 0 Å². The van der Waals surface area contributed by atoms with Gasteiger partial charge in [0, 0.05) is 0 Å². The van der Waals surface area contributed by atoms with E-state index in [1.54, 1.807) is 12.7 Å². The van der Waals surface area contributed by atoms with Crippen molar-refractivity contribution in [2.24, 2.45) is 17.8 Å². The number of hydrogen-bond donors (Lipinski definition) is 0. The second-order valence-electron chi connectivity index (χ2n) is 9.02. The Kier molecular flexibility index (Phi) is 8.30. The standard InChI is InChI=1S/C26H40O/c1-3-4-5-6-21-9-15-24(16-10-21)25-17-11-22(12-18-25)7-8-23-13-19-26(27-2)20-14-23/h11,13-14,19-21,24-25H,3-10,12,15-18H2,1-2H3/t21-,24-,25?. The summed E-state index contributed by atoms with van der Waals surface area (Å²) >= 11 is 0. The van der Waals surface area contributed by atoms with Crippen LogP contribution in [-0.2, 0) is 6.42 Å². The van der Waals surface area contributed by atoms with Gasteiger partial charge in [0.1, 0.15) is 5.75 Å². The van der Waals surface area contributed by atoms with Gasteiger partial charge in [0.05, 0.1) is 7.11 Å². The highest BCUT2D eigenvalue weighted by Crippen LogP contribution is 2.41. The molecule has 1 aromatic carbocycles. The van der Waals surface area contributed by atoms with Gasteiger partial charge < -0.3 is 4.74 Å². The molecular weight excluding hydrogens is 328 g/mol. The molecule has 2 aliphatic rings. The Labute approximate surface area is 167 Å². The molecule has 0 saturated heterocycles. The summed E-state index contributed by atoms with van der Waals surface area (Å²) in [6.07, 6.45) is 21.0. The van der Waals surface area contributed by atoms with Crippen LogP contribution in [0.5, 0.6) is 5.75 Å². The lowest BCUT2D eigenvalue weighted by molar-refractivity contribution is 0.185. The molecule has 1 saturated carbocycles. The van der Waals surface area contributed by atoms with E-state index in [0.717, 1.165) is 23.5 Å². The molecule has 0 spiro atoms. The fourth-order valence-electron chi connectivity index (χ4n) is 5.29. The molecule has 27 heavy (non-hydrogen) atoms. The lowest BCUT2D eigenvalue weighted by Gasteiger charge is -2.35. The van der Waals surface area contributed by atoms with E-state index >= 15 is 0 Å². The topological polar surface area (TPSA) is 9.23 Å². The van der Waals surface area contributed by atoms with Crippen LogP contribution >= 0.6 is 0 Å². The summed E-state index contributed by atoms with van der Waals surface area (Å²) in [4.78, 5) is 0. The first-order valence-electron chi connectivity index (χ1n) is 11.6. The number of aryl methyl sites for hydroxylation is 1. The molecule has 1 unspecified atom stereocenters. The minimum absolute atomic E-state index is 0.957. The van der Waals surface area contributed by atoms with E-state index in [2.05, 4.69) is 37.3 Å². The number of ether oxygens (including phenoxy) is 1. The first-order chi connectivity index (χ1) is 13.3. The van der Waals surface area contributed by atoms with E-state index in [1.165, 1.54) is 89.0 Å². The van der Waals surface area contributed by atoms with Crippen LogP contribution in [0.4, 0.5) is 0 Å². The molecule has 0 heterocycles. The largest absolute Gasteiger partial charge is 0.497 e. The number of allylic oxidation sites excluding steroid dienone is 2. The molecule has 0 aromatic heterocycles. The summed E-state index contributed by atoms with van der Waals surface area (Å²) in [5.74, 6) is 4.00. The van der Waals surface area contributed by atoms with Crippen LogP contribution in [-0.4, -0.2) is 7.11 Å². The third-order valence-electron chi connectivity index (χ3n) is 7.21. The van der Waals surface area contributed by atoms with E-state index < -0.39 is 0 Å². The zero-order valence-electron chi connectivity index (χ0n) is 17.7. The van der Waals surface area contributed by atoms with Crippen molar-refractivity contribution in [3.8, 4) is 5.75 Å². The van der Waals surface area contributed by atoms with E-state index in [0.29, 0.717) is 0 Å². The van der Waals surface area contributed by atoms with Crippen molar-refractivity contribution in [1.82, 2.24) is 0 Å². The predicted molar refractivity (Wildman–Crippen MR) is 116 cm³/mol. The van der Waals surface area contributed by atoms with Gasteiger partial charge in [0.25, 0.3) is 0 Å². The van der Waals surface area contributed by atoms with E-state index in [-0.39, 0.29) is 0 Å². The maximum atomic E-state index is 5.25. The third kappa shape index (κ3) is 6.40. The van der Waals surface area contributed by atoms with E-state index in [1.807, 2.05) is 0 Å². The Morgan fingerprint density at radius 1 is 0.889 bits per heavy atom. The van der Waals surface area contributed by atoms with Crippen molar-refractivity contribution >= 4 is 0 Å². The monoisotopic (exact) mass is 368 g/mol. The van der Waals surface area contributed by atoms with E-state index in [9.17, 15) is 0 Å². The first-order valence-corrected chi connectivity index (χ1v) is 11.6. The van der Waals surface area contributed by atoms with Gasteiger partial charge in [-0.1, -0.05) is 69.2 Å². The first kappa shape index (κ1) is 20.5. The summed E-state index contributed by atoms with van der Waals surface area (Å²) in [6, 6.07) is 8.59. The second kappa shape index (κ2) is 10.9. The molecule has 1 atom stereocenters. The molecule has 0 N–H and O–H groups in total. The fraction of sp³-hybridized carbons (Fsp3) is 0.692. The van der Waals surface area contributed by atoms with Crippen LogP contribution < -0.4 is 4.74 Å². The van der Waals surface area contributed by atoms with Crippen LogP contribution in [0.2, 0.25) is 0 Å². The predicted octanol–water partition coefficient (Wildman–Crippen LogP) is 7.74. The molecule has 1 aromatic rings. The van der Waals surface area contributed by atoms with Crippen molar-refractivity contribution < 1.29 is 4.74 Å². The van der Waals surface area contributed by atoms with Gasteiger partial charge in [0.2, 0.25) is 0 Å². The van der Waals surface area contributed by atoms with Crippen molar-refractivity contribution in [1.29, 1.82) is 0 Å². The lowest BCUT2D eigenvalue weighted by atomic mass is 9.70. The van der Waals surface area contributed by atoms with Crippen molar-refractivity contribution in [2.45, 2.75) is 90.4 Å². The van der Waals surface area contributed by atoms with Crippen molar-refractivity contribution in [2.75, 3.05) is 7.11 Å². The summed E-state index contributed by atoms with van der Waals surface area (Å²) in [5.41, 5.74) is 3.13. The van der Waals surface area contributed by atoms with Crippen LogP contribution in [0.1, 0.15) is 89.5 Å². The summed E-state index contributed by atoms with van der Waals surface area (Å²) in [7, 11) is 1.73. The Morgan fingerprint density at radius 3 is 2.30 bits per heavy atom. The van der Waals surface area contributed by atoms with E-state index in [4.69, 9.17) is 4.74 Å². The molecule has 1 fully saturated rings. The SMILES string of the molecule is CCCCC[C@H]1CC[C@H](C2CC=C(CCc3ccc(OC)cc3)CC2)CC1. The van der Waals surface area contributed by atoms with Gasteiger partial charge in [-0.05, 0) is 80.4 Å². The van der Waals surface area contributed by atoms with Gasteiger partial charge in [0.15, 0.2) is 0 Å². The van der Waals surface area contributed by atoms with Gasteiger partial charge in [-0.25, -0.2) is 0 Å². The third-order valence-corrected chi connectivity index (χ3v) is 7.21. The molecule has 1 nitrogen and oxygen atoms in total. The minimum atomic E-state index is 0.957. The highest BCUT2D eigenvalue weighted by Gasteiger charge is 2.28. The van der Waals surface area contributed by atoms with Gasteiger partial charge in [-0.15, -0.1) is 0 Å². The summed E-state index contributed by atoms with van der Waals surface area (Å²) < 4.78 is 5.25. The number of hydrogen-bond acceptors (Lipinski definition) is 1. The maximum Gasteiger partial charge on any atom is 0.118 e. The summed E-state index contributed by atoms with van der Waals surface area (Å²) in [6.45, 7) is 2.32.